The molecule has 0 spiro atoms. The molecule has 104 valence electrons. The van der Waals surface area contributed by atoms with Crippen molar-refractivity contribution in [3.05, 3.63) is 57.5 Å². The highest BCUT2D eigenvalue weighted by Crippen LogP contribution is 2.22. The first-order valence-corrected chi connectivity index (χ1v) is 7.65. The maximum Gasteiger partial charge on any atom is 0.267 e. The monoisotopic (exact) mass is 294 g/mol. The Morgan fingerprint density at radius 2 is 2.05 bits per heavy atom. The van der Waals surface area contributed by atoms with Crippen LogP contribution in [0.25, 0.3) is 16.1 Å². The van der Waals surface area contributed by atoms with Gasteiger partial charge in [-0.25, -0.2) is 9.38 Å². The molecule has 3 rings (SSSR count). The Morgan fingerprint density at radius 3 is 2.71 bits per heavy atom. The largest absolute Gasteiger partial charge is 0.268 e. The summed E-state index contributed by atoms with van der Waals surface area (Å²) in [4.78, 5) is 18.3. The Morgan fingerprint density at radius 1 is 1.29 bits per heavy atom. The summed E-state index contributed by atoms with van der Waals surface area (Å²) in [5, 5.41) is 1.88. The average Bonchev–Trinajstić information content (AvgIpc) is 2.91. The lowest BCUT2D eigenvalue weighted by Crippen LogP contribution is -2.19. The van der Waals surface area contributed by atoms with Gasteiger partial charge in [-0.2, -0.15) is 0 Å². The molecule has 0 aliphatic heterocycles. The quantitative estimate of drug-likeness (QED) is 0.679. The number of aryl methyl sites for hydroxylation is 1. The zero-order valence-electron chi connectivity index (χ0n) is 11.9. The Hall–Kier alpha value is -2.38. The molecule has 21 heavy (non-hydrogen) atoms. The van der Waals surface area contributed by atoms with Gasteiger partial charge < -0.3 is 0 Å². The van der Waals surface area contributed by atoms with Crippen LogP contribution in [0.5, 0.6) is 0 Å². The van der Waals surface area contributed by atoms with Gasteiger partial charge in [-0.1, -0.05) is 43.2 Å². The van der Waals surface area contributed by atoms with Gasteiger partial charge in [-0.15, -0.1) is 11.3 Å². The maximum atomic E-state index is 12.9. The van der Waals surface area contributed by atoms with Crippen molar-refractivity contribution in [2.75, 3.05) is 0 Å². The van der Waals surface area contributed by atoms with E-state index in [0.717, 1.165) is 17.7 Å². The second kappa shape index (κ2) is 5.55. The van der Waals surface area contributed by atoms with E-state index in [2.05, 4.69) is 16.8 Å². The fourth-order valence-electron chi connectivity index (χ4n) is 2.36. The fourth-order valence-corrected chi connectivity index (χ4v) is 3.19. The van der Waals surface area contributed by atoms with Crippen LogP contribution in [0.4, 0.5) is 0 Å². The predicted molar refractivity (Wildman–Crippen MR) is 86.7 cm³/mol. The molecule has 0 aliphatic carbocycles. The maximum absolute atomic E-state index is 12.9. The molecule has 3 aromatic rings. The van der Waals surface area contributed by atoms with Gasteiger partial charge in [0.25, 0.3) is 5.56 Å². The minimum atomic E-state index is -0.0398. The first-order valence-electron chi connectivity index (χ1n) is 6.77. The second-order valence-electron chi connectivity index (χ2n) is 4.57. The molecule has 2 heterocycles. The van der Waals surface area contributed by atoms with Gasteiger partial charge in [0.05, 0.1) is 11.3 Å². The number of hydrogen-bond donors (Lipinski definition) is 0. The highest BCUT2D eigenvalue weighted by atomic mass is 32.1. The van der Waals surface area contributed by atoms with Gasteiger partial charge in [-0.3, -0.25) is 4.79 Å². The van der Waals surface area contributed by atoms with Crippen molar-refractivity contribution in [3.8, 4) is 23.0 Å². The van der Waals surface area contributed by atoms with Crippen LogP contribution >= 0.6 is 11.3 Å². The molecule has 0 radical (unpaired) electrons. The van der Waals surface area contributed by atoms with Crippen LogP contribution in [-0.2, 0) is 6.42 Å². The summed E-state index contributed by atoms with van der Waals surface area (Å²) in [6.45, 7) is 3.78. The predicted octanol–water partition coefficient (Wildman–Crippen LogP) is 3.36. The third-order valence-corrected chi connectivity index (χ3v) is 4.12. The standard InChI is InChI=1S/C17H14N2OS/c1-3-8-13-11-21-17-18-14(4-2)15(16(20)19(13)17)12-9-6-5-7-10-12/h5-7,9-11H,4H2,1-2H3. The molecule has 2 aromatic heterocycles. The van der Waals surface area contributed by atoms with Crippen LogP contribution in [0.15, 0.2) is 40.5 Å². The molecule has 0 fully saturated rings. The third kappa shape index (κ3) is 2.26. The number of hydrogen-bond acceptors (Lipinski definition) is 3. The van der Waals surface area contributed by atoms with E-state index in [1.54, 1.807) is 11.3 Å². The van der Waals surface area contributed by atoms with Gasteiger partial charge in [0.1, 0.15) is 5.69 Å². The van der Waals surface area contributed by atoms with E-state index in [9.17, 15) is 4.79 Å². The summed E-state index contributed by atoms with van der Waals surface area (Å²) in [5.41, 5.74) is 3.08. The summed E-state index contributed by atoms with van der Waals surface area (Å²) in [6.07, 6.45) is 0.725. The number of nitrogens with zero attached hydrogens (tertiary/aromatic N) is 2. The Balaban J connectivity index is 2.42. The number of fused-ring (bicyclic) bond motifs is 1. The number of thiazole rings is 1. The van der Waals surface area contributed by atoms with Crippen molar-refractivity contribution in [1.82, 2.24) is 9.38 Å². The van der Waals surface area contributed by atoms with Crippen LogP contribution in [-0.4, -0.2) is 9.38 Å². The molecular formula is C17H14N2OS. The van der Waals surface area contributed by atoms with E-state index in [1.807, 2.05) is 42.6 Å². The van der Waals surface area contributed by atoms with Crippen molar-refractivity contribution in [2.45, 2.75) is 20.3 Å². The van der Waals surface area contributed by atoms with E-state index < -0.39 is 0 Å². The van der Waals surface area contributed by atoms with E-state index in [4.69, 9.17) is 0 Å². The van der Waals surface area contributed by atoms with Gasteiger partial charge in [0.2, 0.25) is 0 Å². The molecule has 0 atom stereocenters. The fraction of sp³-hybridized carbons (Fsp3) is 0.176. The van der Waals surface area contributed by atoms with Crippen molar-refractivity contribution in [3.63, 3.8) is 0 Å². The Kier molecular flexibility index (Phi) is 3.59. The molecular weight excluding hydrogens is 280 g/mol. The molecule has 1 aromatic carbocycles. The zero-order chi connectivity index (χ0) is 14.8. The second-order valence-corrected chi connectivity index (χ2v) is 5.41. The molecule has 0 saturated heterocycles. The van der Waals surface area contributed by atoms with E-state index in [1.165, 1.54) is 11.3 Å². The third-order valence-electron chi connectivity index (χ3n) is 3.29. The van der Waals surface area contributed by atoms with Crippen molar-refractivity contribution >= 4 is 16.3 Å². The lowest BCUT2D eigenvalue weighted by molar-refractivity contribution is 0.982. The minimum absolute atomic E-state index is 0.0398. The van der Waals surface area contributed by atoms with Crippen LogP contribution in [0, 0.1) is 11.8 Å². The van der Waals surface area contributed by atoms with Crippen molar-refractivity contribution < 1.29 is 0 Å². The Bertz CT molecular complexity index is 911. The number of rotatable bonds is 2. The molecule has 0 bridgehead atoms. The molecule has 3 nitrogen and oxygen atoms in total. The van der Waals surface area contributed by atoms with E-state index >= 15 is 0 Å². The highest BCUT2D eigenvalue weighted by molar-refractivity contribution is 7.15. The smallest absolute Gasteiger partial charge is 0.267 e. The van der Waals surface area contributed by atoms with Crippen LogP contribution in [0.2, 0.25) is 0 Å². The first kappa shape index (κ1) is 13.6. The SMILES string of the molecule is CC#Cc1csc2nc(CC)c(-c3ccccc3)c(=O)n12. The summed E-state index contributed by atoms with van der Waals surface area (Å²) in [7, 11) is 0. The molecule has 0 unspecified atom stereocenters. The Labute approximate surface area is 126 Å². The van der Waals surface area contributed by atoms with Gasteiger partial charge in [0, 0.05) is 5.38 Å². The van der Waals surface area contributed by atoms with Crippen LogP contribution in [0.1, 0.15) is 25.2 Å². The summed E-state index contributed by atoms with van der Waals surface area (Å²) in [6, 6.07) is 9.70. The van der Waals surface area contributed by atoms with Crippen LogP contribution in [0.3, 0.4) is 0 Å². The van der Waals surface area contributed by atoms with Gasteiger partial charge >= 0.3 is 0 Å². The normalized spacial score (nSPS) is 10.4. The van der Waals surface area contributed by atoms with Gasteiger partial charge in [0.15, 0.2) is 4.96 Å². The summed E-state index contributed by atoms with van der Waals surface area (Å²) >= 11 is 1.45. The summed E-state index contributed by atoms with van der Waals surface area (Å²) in [5.74, 6) is 5.82. The van der Waals surface area contributed by atoms with E-state index in [0.29, 0.717) is 16.2 Å². The first-order chi connectivity index (χ1) is 10.3. The van der Waals surface area contributed by atoms with Crippen LogP contribution < -0.4 is 5.56 Å². The lowest BCUT2D eigenvalue weighted by atomic mass is 10.0. The number of aromatic nitrogens is 2. The summed E-state index contributed by atoms with van der Waals surface area (Å²) < 4.78 is 1.61. The number of benzene rings is 1. The molecule has 0 amide bonds. The van der Waals surface area contributed by atoms with E-state index in [-0.39, 0.29) is 5.56 Å². The molecule has 0 aliphatic rings. The van der Waals surface area contributed by atoms with Crippen molar-refractivity contribution in [2.24, 2.45) is 0 Å². The molecule has 0 saturated carbocycles. The highest BCUT2D eigenvalue weighted by Gasteiger charge is 2.16. The lowest BCUT2D eigenvalue weighted by Gasteiger charge is -2.07. The average molecular weight is 294 g/mol. The van der Waals surface area contributed by atoms with Crippen molar-refractivity contribution in [1.29, 1.82) is 0 Å². The minimum Gasteiger partial charge on any atom is -0.268 e. The zero-order valence-corrected chi connectivity index (χ0v) is 12.7. The molecule has 0 N–H and O–H groups in total. The molecule has 4 heteroatoms. The van der Waals surface area contributed by atoms with Gasteiger partial charge in [-0.05, 0) is 24.8 Å². The topological polar surface area (TPSA) is 34.4 Å².